The zero-order valence-corrected chi connectivity index (χ0v) is 17.1. The number of H-pyrrole nitrogens is 1. The fourth-order valence-electron chi connectivity index (χ4n) is 3.90. The second-order valence-corrected chi connectivity index (χ2v) is 8.75. The Bertz CT molecular complexity index is 1110. The van der Waals surface area contributed by atoms with Crippen LogP contribution >= 0.6 is 11.8 Å². The maximum atomic E-state index is 13.9. The number of amides is 1. The molecule has 1 aliphatic rings. The molecule has 0 unspecified atom stereocenters. The van der Waals surface area contributed by atoms with Crippen molar-refractivity contribution in [3.05, 3.63) is 59.7 Å². The Labute approximate surface area is 177 Å². The lowest BCUT2D eigenvalue weighted by Crippen LogP contribution is -2.49. The third-order valence-corrected chi connectivity index (χ3v) is 6.53. The quantitative estimate of drug-likeness (QED) is 0.608. The summed E-state index contributed by atoms with van der Waals surface area (Å²) in [5.74, 6) is 0.809. The van der Waals surface area contributed by atoms with Gasteiger partial charge in [-0.15, -0.1) is 0 Å². The zero-order chi connectivity index (χ0) is 21.1. The number of thioether (sulfide) groups is 1. The molecule has 2 aromatic carbocycles. The lowest BCUT2D eigenvalue weighted by molar-refractivity contribution is -0.122. The average molecular weight is 426 g/mol. The number of rotatable bonds is 5. The molecule has 1 saturated heterocycles. The van der Waals surface area contributed by atoms with Crippen molar-refractivity contribution < 1.29 is 13.6 Å². The number of carbonyl (C=O) groups excluding carboxylic acids is 1. The molecule has 0 atom stereocenters. The minimum atomic E-state index is -0.797. The van der Waals surface area contributed by atoms with Crippen LogP contribution in [0, 0.1) is 23.0 Å². The zero-order valence-electron chi connectivity index (χ0n) is 16.3. The number of aromatic amines is 1. The van der Waals surface area contributed by atoms with Crippen LogP contribution in [0.5, 0.6) is 0 Å². The van der Waals surface area contributed by atoms with E-state index in [1.807, 2.05) is 0 Å². The van der Waals surface area contributed by atoms with Gasteiger partial charge >= 0.3 is 0 Å². The first-order valence-corrected chi connectivity index (χ1v) is 11.0. The van der Waals surface area contributed by atoms with E-state index in [2.05, 4.69) is 16.4 Å². The molecule has 4 nitrogen and oxygen atoms in total. The van der Waals surface area contributed by atoms with E-state index in [-0.39, 0.29) is 24.0 Å². The third-order valence-electron chi connectivity index (χ3n) is 5.54. The van der Waals surface area contributed by atoms with Crippen LogP contribution in [0.2, 0.25) is 0 Å². The first-order chi connectivity index (χ1) is 14.5. The van der Waals surface area contributed by atoms with Gasteiger partial charge in [0.05, 0.1) is 6.07 Å². The van der Waals surface area contributed by atoms with Gasteiger partial charge in [0.25, 0.3) is 0 Å². The monoisotopic (exact) mass is 425 g/mol. The Morgan fingerprint density at radius 1 is 1.13 bits per heavy atom. The SMILES string of the molecule is N#CC1(NC(=O)CCc2c(-c3ccc(F)cc3)[nH]c3ccc(F)cc23)CCSCC1. The topological polar surface area (TPSA) is 68.7 Å². The first kappa shape index (κ1) is 20.4. The van der Waals surface area contributed by atoms with E-state index >= 15 is 0 Å². The molecule has 4 rings (SSSR count). The summed E-state index contributed by atoms with van der Waals surface area (Å²) in [5.41, 5.74) is 2.27. The Morgan fingerprint density at radius 3 is 2.53 bits per heavy atom. The van der Waals surface area contributed by atoms with Crippen molar-refractivity contribution in [1.29, 1.82) is 5.26 Å². The number of hydrogen-bond donors (Lipinski definition) is 2. The van der Waals surface area contributed by atoms with Gasteiger partial charge in [-0.3, -0.25) is 4.79 Å². The Hall–Kier alpha value is -2.85. The van der Waals surface area contributed by atoms with E-state index < -0.39 is 5.54 Å². The molecule has 1 amide bonds. The fraction of sp³-hybridized carbons (Fsp3) is 0.304. The number of nitriles is 1. The lowest BCUT2D eigenvalue weighted by Gasteiger charge is -2.31. The van der Waals surface area contributed by atoms with Gasteiger partial charge in [-0.05, 0) is 84.4 Å². The van der Waals surface area contributed by atoms with Gasteiger partial charge < -0.3 is 10.3 Å². The van der Waals surface area contributed by atoms with Crippen molar-refractivity contribution in [1.82, 2.24) is 10.3 Å². The number of nitrogens with one attached hydrogen (secondary N) is 2. The highest BCUT2D eigenvalue weighted by molar-refractivity contribution is 7.99. The van der Waals surface area contributed by atoms with E-state index in [9.17, 15) is 18.8 Å². The molecule has 0 bridgehead atoms. The predicted molar refractivity (Wildman–Crippen MR) is 115 cm³/mol. The largest absolute Gasteiger partial charge is 0.354 e. The van der Waals surface area contributed by atoms with Crippen molar-refractivity contribution in [2.45, 2.75) is 31.2 Å². The summed E-state index contributed by atoms with van der Waals surface area (Å²) in [6.07, 6.45) is 1.82. The van der Waals surface area contributed by atoms with E-state index in [0.717, 1.165) is 33.8 Å². The van der Waals surface area contributed by atoms with Crippen molar-refractivity contribution in [2.75, 3.05) is 11.5 Å². The Kier molecular flexibility index (Phi) is 5.78. The van der Waals surface area contributed by atoms with Crippen LogP contribution in [0.3, 0.4) is 0 Å². The highest BCUT2D eigenvalue weighted by Gasteiger charge is 2.33. The smallest absolute Gasteiger partial charge is 0.221 e. The minimum absolute atomic E-state index is 0.175. The molecule has 1 fully saturated rings. The maximum absolute atomic E-state index is 13.9. The fourth-order valence-corrected chi connectivity index (χ4v) is 5.08. The molecule has 0 aliphatic carbocycles. The van der Waals surface area contributed by atoms with Crippen molar-refractivity contribution in [3.8, 4) is 17.3 Å². The Balaban J connectivity index is 1.60. The molecular weight excluding hydrogens is 404 g/mol. The van der Waals surface area contributed by atoms with E-state index in [1.165, 1.54) is 24.3 Å². The lowest BCUT2D eigenvalue weighted by atomic mass is 9.93. The summed E-state index contributed by atoms with van der Waals surface area (Å²) in [7, 11) is 0. The number of halogens is 2. The standard InChI is InChI=1S/C23H21F2N3OS/c24-16-3-1-15(2-4-16)22-18(19-13-17(25)5-7-20(19)27-22)6-8-21(29)28-23(14-26)9-11-30-12-10-23/h1-5,7,13,27H,6,8-12H2,(H,28,29). The Morgan fingerprint density at radius 2 is 1.83 bits per heavy atom. The third kappa shape index (κ3) is 4.19. The highest BCUT2D eigenvalue weighted by Crippen LogP contribution is 2.32. The molecule has 154 valence electrons. The van der Waals surface area contributed by atoms with Crippen LogP contribution in [-0.4, -0.2) is 27.9 Å². The van der Waals surface area contributed by atoms with Crippen LogP contribution in [0.15, 0.2) is 42.5 Å². The molecule has 2 N–H and O–H groups in total. The molecule has 1 aliphatic heterocycles. The van der Waals surface area contributed by atoms with Crippen LogP contribution < -0.4 is 5.32 Å². The van der Waals surface area contributed by atoms with E-state index in [4.69, 9.17) is 0 Å². The number of aromatic nitrogens is 1. The second kappa shape index (κ2) is 8.49. The maximum Gasteiger partial charge on any atom is 0.221 e. The average Bonchev–Trinajstić information content (AvgIpc) is 3.11. The van der Waals surface area contributed by atoms with Crippen LogP contribution in [0.1, 0.15) is 24.8 Å². The van der Waals surface area contributed by atoms with Gasteiger partial charge in [0.1, 0.15) is 17.2 Å². The molecule has 2 heterocycles. The van der Waals surface area contributed by atoms with Gasteiger partial charge in [-0.2, -0.15) is 17.0 Å². The molecule has 0 spiro atoms. The number of fused-ring (bicyclic) bond motifs is 1. The highest BCUT2D eigenvalue weighted by atomic mass is 32.2. The van der Waals surface area contributed by atoms with Crippen LogP contribution in [0.4, 0.5) is 8.78 Å². The first-order valence-electron chi connectivity index (χ1n) is 9.86. The summed E-state index contributed by atoms with van der Waals surface area (Å²) >= 11 is 1.79. The predicted octanol–water partition coefficient (Wildman–Crippen LogP) is 4.95. The molecule has 30 heavy (non-hydrogen) atoms. The molecule has 7 heteroatoms. The van der Waals surface area contributed by atoms with E-state index in [1.54, 1.807) is 30.0 Å². The molecule has 3 aromatic rings. The summed E-state index contributed by atoms with van der Waals surface area (Å²) in [5, 5.41) is 13.2. The van der Waals surface area contributed by atoms with Crippen molar-refractivity contribution in [3.63, 3.8) is 0 Å². The summed E-state index contributed by atoms with van der Waals surface area (Å²) in [6, 6.07) is 12.8. The minimum Gasteiger partial charge on any atom is -0.354 e. The number of benzene rings is 2. The van der Waals surface area contributed by atoms with Gasteiger partial charge in [-0.25, -0.2) is 8.78 Å². The second-order valence-electron chi connectivity index (χ2n) is 7.53. The molecule has 0 saturated carbocycles. The number of hydrogen-bond acceptors (Lipinski definition) is 3. The molecular formula is C23H21F2N3OS. The summed E-state index contributed by atoms with van der Waals surface area (Å²) < 4.78 is 27.3. The summed E-state index contributed by atoms with van der Waals surface area (Å²) in [4.78, 5) is 15.9. The van der Waals surface area contributed by atoms with Gasteiger partial charge in [0, 0.05) is 23.0 Å². The number of aryl methyl sites for hydroxylation is 1. The molecule has 1 aromatic heterocycles. The number of nitrogens with zero attached hydrogens (tertiary/aromatic N) is 1. The number of carbonyl (C=O) groups is 1. The van der Waals surface area contributed by atoms with Crippen molar-refractivity contribution >= 4 is 28.6 Å². The van der Waals surface area contributed by atoms with Gasteiger partial charge in [-0.1, -0.05) is 0 Å². The summed E-state index contributed by atoms with van der Waals surface area (Å²) in [6.45, 7) is 0. The normalized spacial score (nSPS) is 15.6. The molecule has 0 radical (unpaired) electrons. The van der Waals surface area contributed by atoms with Crippen LogP contribution in [0.25, 0.3) is 22.2 Å². The van der Waals surface area contributed by atoms with Gasteiger partial charge in [0.15, 0.2) is 0 Å². The van der Waals surface area contributed by atoms with Gasteiger partial charge in [0.2, 0.25) is 5.91 Å². The van der Waals surface area contributed by atoms with Crippen LogP contribution in [-0.2, 0) is 11.2 Å². The van der Waals surface area contributed by atoms with E-state index in [0.29, 0.717) is 24.6 Å². The van der Waals surface area contributed by atoms with Crippen molar-refractivity contribution in [2.24, 2.45) is 0 Å².